The van der Waals surface area contributed by atoms with E-state index in [1.807, 2.05) is 53.4 Å². The Kier molecular flexibility index (Phi) is 6.88. The summed E-state index contributed by atoms with van der Waals surface area (Å²) in [5.41, 5.74) is 5.12. The van der Waals surface area contributed by atoms with E-state index in [0.29, 0.717) is 32.2 Å². The van der Waals surface area contributed by atoms with E-state index in [9.17, 15) is 14.7 Å². The van der Waals surface area contributed by atoms with E-state index >= 15 is 0 Å². The van der Waals surface area contributed by atoms with Crippen LogP contribution in [0.15, 0.2) is 72.8 Å². The minimum atomic E-state index is -0.947. The summed E-state index contributed by atoms with van der Waals surface area (Å²) >= 11 is 0. The normalized spacial score (nSPS) is 20.6. The molecule has 7 heteroatoms. The Morgan fingerprint density at radius 1 is 0.976 bits per heavy atom. The van der Waals surface area contributed by atoms with E-state index in [1.54, 1.807) is 6.07 Å². The van der Waals surface area contributed by atoms with Gasteiger partial charge in [-0.05, 0) is 67.0 Å². The Hall–Kier alpha value is -4.26. The number of fused-ring (bicyclic) bond motifs is 2. The minimum Gasteiger partial charge on any atom is -0.488 e. The summed E-state index contributed by atoms with van der Waals surface area (Å²) in [7, 11) is 0. The number of ether oxygens (including phenoxy) is 2. The molecule has 3 aliphatic rings. The molecule has 3 fully saturated rings. The van der Waals surface area contributed by atoms with Crippen molar-refractivity contribution in [3.05, 3.63) is 89.5 Å². The van der Waals surface area contributed by atoms with Crippen LogP contribution < -0.4 is 4.74 Å². The first-order valence-electron chi connectivity index (χ1n) is 15.1. The lowest BCUT2D eigenvalue weighted by Crippen LogP contribution is -2.45. The predicted molar refractivity (Wildman–Crippen MR) is 161 cm³/mol. The number of carbonyl (C=O) groups is 2. The van der Waals surface area contributed by atoms with E-state index in [-0.39, 0.29) is 11.7 Å². The van der Waals surface area contributed by atoms with Crippen LogP contribution >= 0.6 is 0 Å². The molecule has 4 aromatic rings. The number of hydrogen-bond acceptors (Lipinski definition) is 4. The molecule has 0 bridgehead atoms. The van der Waals surface area contributed by atoms with Gasteiger partial charge in [-0.25, -0.2) is 9.59 Å². The zero-order chi connectivity index (χ0) is 28.7. The SMILES string of the molecule is O=C(O)c1ccc2c(C3CCCCC3)c(-c3ccccc3OCc3ccccc3)n(C[C@@]34CCCN3C(=O)OC4)c2c1. The molecule has 1 N–H and O–H groups in total. The number of nitrogens with zero attached hydrogens (tertiary/aromatic N) is 2. The maximum absolute atomic E-state index is 12.7. The van der Waals surface area contributed by atoms with Gasteiger partial charge in [0.2, 0.25) is 0 Å². The van der Waals surface area contributed by atoms with Crippen LogP contribution in [0, 0.1) is 0 Å². The summed E-state index contributed by atoms with van der Waals surface area (Å²) in [4.78, 5) is 26.8. The van der Waals surface area contributed by atoms with Gasteiger partial charge < -0.3 is 19.1 Å². The summed E-state index contributed by atoms with van der Waals surface area (Å²) < 4.78 is 14.4. The van der Waals surface area contributed by atoms with Crippen molar-refractivity contribution in [2.75, 3.05) is 13.2 Å². The average molecular weight is 565 g/mol. The average Bonchev–Trinajstić information content (AvgIpc) is 3.68. The molecule has 7 nitrogen and oxygen atoms in total. The van der Waals surface area contributed by atoms with Crippen molar-refractivity contribution in [3.8, 4) is 17.0 Å². The molecule has 0 radical (unpaired) electrons. The molecule has 1 atom stereocenters. The fourth-order valence-corrected chi connectivity index (χ4v) is 7.44. The molecule has 3 heterocycles. The second kappa shape index (κ2) is 10.9. The lowest BCUT2D eigenvalue weighted by Gasteiger charge is -2.31. The van der Waals surface area contributed by atoms with Crippen LogP contribution in [-0.2, 0) is 17.9 Å². The standard InChI is InChI=1S/C35H36N2O5/c38-33(39)26-16-17-27-29(20-26)36(22-35-18-9-19-37(35)34(40)42-23-35)32(31(27)25-12-5-2-6-13-25)28-14-7-8-15-30(28)41-21-24-10-3-1-4-11-24/h1,3-4,7-8,10-11,14-17,20,25H,2,5-6,9,12-13,18-19,21-23H2,(H,38,39)/t35-/m1/s1. The molecule has 0 spiro atoms. The van der Waals surface area contributed by atoms with Crippen molar-refractivity contribution in [2.24, 2.45) is 0 Å². The van der Waals surface area contributed by atoms with Crippen molar-refractivity contribution in [3.63, 3.8) is 0 Å². The van der Waals surface area contributed by atoms with Crippen LogP contribution in [0.25, 0.3) is 22.2 Å². The highest BCUT2D eigenvalue weighted by atomic mass is 16.6. The van der Waals surface area contributed by atoms with E-state index in [4.69, 9.17) is 9.47 Å². The maximum Gasteiger partial charge on any atom is 0.410 e. The van der Waals surface area contributed by atoms with Crippen LogP contribution in [-0.4, -0.2) is 45.3 Å². The zero-order valence-corrected chi connectivity index (χ0v) is 23.8. The van der Waals surface area contributed by atoms with Crippen LogP contribution in [0.4, 0.5) is 4.79 Å². The number of hydrogen-bond donors (Lipinski definition) is 1. The van der Waals surface area contributed by atoms with Gasteiger partial charge in [0.1, 0.15) is 19.0 Å². The highest BCUT2D eigenvalue weighted by Crippen LogP contribution is 2.48. The molecule has 216 valence electrons. The summed E-state index contributed by atoms with van der Waals surface area (Å²) in [5.74, 6) is 0.200. The van der Waals surface area contributed by atoms with Crippen LogP contribution in [0.3, 0.4) is 0 Å². The molecule has 0 unspecified atom stereocenters. The minimum absolute atomic E-state index is 0.254. The van der Waals surface area contributed by atoms with E-state index < -0.39 is 11.5 Å². The molecule has 1 amide bonds. The lowest BCUT2D eigenvalue weighted by atomic mass is 9.81. The highest BCUT2D eigenvalue weighted by Gasteiger charge is 2.51. The number of rotatable bonds is 8. The Morgan fingerprint density at radius 3 is 2.57 bits per heavy atom. The molecule has 2 saturated heterocycles. The second-order valence-corrected chi connectivity index (χ2v) is 12.0. The van der Waals surface area contributed by atoms with Gasteiger partial charge in [-0.2, -0.15) is 0 Å². The van der Waals surface area contributed by atoms with Gasteiger partial charge in [0.25, 0.3) is 0 Å². The zero-order valence-electron chi connectivity index (χ0n) is 23.8. The first-order valence-corrected chi connectivity index (χ1v) is 15.1. The fraction of sp³-hybridized carbons (Fsp3) is 0.371. The third kappa shape index (κ3) is 4.61. The summed E-state index contributed by atoms with van der Waals surface area (Å²) in [6.45, 7) is 2.00. The van der Waals surface area contributed by atoms with Crippen LogP contribution in [0.1, 0.15) is 72.3 Å². The summed E-state index contributed by atoms with van der Waals surface area (Å²) in [5, 5.41) is 11.1. The molecule has 1 aromatic heterocycles. The second-order valence-electron chi connectivity index (χ2n) is 12.0. The molecular formula is C35H36N2O5. The first-order chi connectivity index (χ1) is 20.5. The number of amides is 1. The number of cyclic esters (lactones) is 1. The Labute approximate surface area is 245 Å². The van der Waals surface area contributed by atoms with Gasteiger partial charge in [-0.1, -0.05) is 67.8 Å². The molecule has 1 aliphatic carbocycles. The number of carboxylic acid groups (broad SMARTS) is 1. The van der Waals surface area contributed by atoms with E-state index in [1.165, 1.54) is 24.8 Å². The highest BCUT2D eigenvalue weighted by molar-refractivity contribution is 5.98. The first kappa shape index (κ1) is 26.6. The molecule has 7 rings (SSSR count). The van der Waals surface area contributed by atoms with Gasteiger partial charge in [-0.3, -0.25) is 4.90 Å². The summed E-state index contributed by atoms with van der Waals surface area (Å²) in [6.07, 6.45) is 7.31. The Morgan fingerprint density at radius 2 is 1.76 bits per heavy atom. The fourth-order valence-electron chi connectivity index (χ4n) is 7.44. The predicted octanol–water partition coefficient (Wildman–Crippen LogP) is 7.62. The third-order valence-corrected chi connectivity index (χ3v) is 9.48. The molecular weight excluding hydrogens is 528 g/mol. The van der Waals surface area contributed by atoms with E-state index in [2.05, 4.69) is 22.8 Å². The van der Waals surface area contributed by atoms with Crippen molar-refractivity contribution in [1.82, 2.24) is 9.47 Å². The number of carbonyl (C=O) groups excluding carboxylic acids is 1. The smallest absolute Gasteiger partial charge is 0.410 e. The van der Waals surface area contributed by atoms with E-state index in [0.717, 1.165) is 59.2 Å². The number of benzene rings is 3. The molecule has 2 aliphatic heterocycles. The van der Waals surface area contributed by atoms with Crippen molar-refractivity contribution in [2.45, 2.75) is 69.6 Å². The summed E-state index contributed by atoms with van der Waals surface area (Å²) in [6, 6.07) is 23.9. The van der Waals surface area contributed by atoms with Crippen molar-refractivity contribution < 1.29 is 24.2 Å². The number of aromatic carboxylic acids is 1. The van der Waals surface area contributed by atoms with Gasteiger partial charge >= 0.3 is 12.1 Å². The largest absolute Gasteiger partial charge is 0.488 e. The molecule has 1 saturated carbocycles. The number of aromatic nitrogens is 1. The molecule has 42 heavy (non-hydrogen) atoms. The molecule has 3 aromatic carbocycles. The van der Waals surface area contributed by atoms with Gasteiger partial charge in [0.15, 0.2) is 0 Å². The van der Waals surface area contributed by atoms with Crippen molar-refractivity contribution >= 4 is 23.0 Å². The van der Waals surface area contributed by atoms with Crippen molar-refractivity contribution in [1.29, 1.82) is 0 Å². The lowest BCUT2D eigenvalue weighted by molar-refractivity contribution is 0.0697. The number of para-hydroxylation sites is 1. The Balaban J connectivity index is 1.45. The monoisotopic (exact) mass is 564 g/mol. The van der Waals surface area contributed by atoms with Gasteiger partial charge in [-0.15, -0.1) is 0 Å². The quantitative estimate of drug-likeness (QED) is 0.238. The van der Waals surface area contributed by atoms with Gasteiger partial charge in [0, 0.05) is 23.0 Å². The third-order valence-electron chi connectivity index (χ3n) is 9.48. The Bertz CT molecular complexity index is 1640. The van der Waals surface area contributed by atoms with Gasteiger partial charge in [0.05, 0.1) is 23.3 Å². The van der Waals surface area contributed by atoms with Crippen LogP contribution in [0.5, 0.6) is 5.75 Å². The number of carboxylic acids is 1. The maximum atomic E-state index is 12.7. The topological polar surface area (TPSA) is 81.0 Å². The van der Waals surface area contributed by atoms with Crippen LogP contribution in [0.2, 0.25) is 0 Å².